The van der Waals surface area contributed by atoms with Gasteiger partial charge < -0.3 is 10.2 Å². The molecule has 0 saturated carbocycles. The number of hydrogen-bond acceptors (Lipinski definition) is 4. The number of amides is 1. The molecule has 0 aliphatic carbocycles. The Kier molecular flexibility index (Phi) is 6.84. The van der Waals surface area contributed by atoms with Gasteiger partial charge in [0.25, 0.3) is 5.91 Å². The van der Waals surface area contributed by atoms with Crippen molar-refractivity contribution in [2.24, 2.45) is 0 Å². The van der Waals surface area contributed by atoms with Crippen LogP contribution in [0.2, 0.25) is 0 Å². The Morgan fingerprint density at radius 1 is 1.14 bits per heavy atom. The van der Waals surface area contributed by atoms with Crippen molar-refractivity contribution >= 4 is 28.2 Å². The molecule has 22 heavy (non-hydrogen) atoms. The highest BCUT2D eigenvalue weighted by molar-refractivity contribution is 7.92. The summed E-state index contributed by atoms with van der Waals surface area (Å²) in [6.45, 7) is 6.45. The molecule has 0 bridgehead atoms. The van der Waals surface area contributed by atoms with Gasteiger partial charge in [-0.1, -0.05) is 0 Å². The number of nitrogens with one attached hydrogen (secondary N) is 1. The molecule has 1 saturated heterocycles. The molecule has 1 aliphatic heterocycles. The first-order valence-electron chi connectivity index (χ1n) is 7.27. The predicted octanol–water partition coefficient (Wildman–Crippen LogP) is 1.73. The van der Waals surface area contributed by atoms with Gasteiger partial charge >= 0.3 is 0 Å². The third-order valence-corrected chi connectivity index (χ3v) is 5.85. The van der Waals surface area contributed by atoms with Crippen LogP contribution in [0.15, 0.2) is 29.2 Å². The van der Waals surface area contributed by atoms with Crippen LogP contribution in [0.1, 0.15) is 30.6 Å². The third-order valence-electron chi connectivity index (χ3n) is 3.68. The van der Waals surface area contributed by atoms with Gasteiger partial charge in [-0.3, -0.25) is 4.79 Å². The summed E-state index contributed by atoms with van der Waals surface area (Å²) in [6, 6.07) is 6.27. The van der Waals surface area contributed by atoms with Crippen molar-refractivity contribution < 1.29 is 13.2 Å². The van der Waals surface area contributed by atoms with Crippen molar-refractivity contribution in [3.05, 3.63) is 29.8 Å². The van der Waals surface area contributed by atoms with Crippen LogP contribution in [-0.4, -0.2) is 50.7 Å². The molecular weight excluding hydrogens is 324 g/mol. The Morgan fingerprint density at radius 2 is 1.77 bits per heavy atom. The molecule has 0 spiro atoms. The minimum absolute atomic E-state index is 0. The lowest BCUT2D eigenvalue weighted by atomic mass is 10.2. The molecule has 1 amide bonds. The maximum atomic E-state index is 12.4. The van der Waals surface area contributed by atoms with Gasteiger partial charge in [0.2, 0.25) is 0 Å². The van der Waals surface area contributed by atoms with E-state index < -0.39 is 15.1 Å². The van der Waals surface area contributed by atoms with E-state index in [9.17, 15) is 13.2 Å². The van der Waals surface area contributed by atoms with Crippen LogP contribution in [0.3, 0.4) is 0 Å². The van der Waals surface area contributed by atoms with Crippen LogP contribution in [0.25, 0.3) is 0 Å². The van der Waals surface area contributed by atoms with Gasteiger partial charge in [-0.2, -0.15) is 0 Å². The number of benzene rings is 1. The molecule has 1 aliphatic rings. The lowest BCUT2D eigenvalue weighted by Gasteiger charge is -2.20. The van der Waals surface area contributed by atoms with Gasteiger partial charge in [-0.15, -0.1) is 12.4 Å². The Balaban J connectivity index is 0.00000242. The average molecular weight is 347 g/mol. The van der Waals surface area contributed by atoms with Gasteiger partial charge in [0.05, 0.1) is 10.1 Å². The van der Waals surface area contributed by atoms with Crippen molar-refractivity contribution in [2.75, 3.05) is 26.2 Å². The summed E-state index contributed by atoms with van der Waals surface area (Å²) < 4.78 is 24.1. The topological polar surface area (TPSA) is 66.5 Å². The number of nitrogens with zero attached hydrogens (tertiary/aromatic N) is 1. The quantitative estimate of drug-likeness (QED) is 0.905. The lowest BCUT2D eigenvalue weighted by molar-refractivity contribution is 0.0766. The summed E-state index contributed by atoms with van der Waals surface area (Å²) >= 11 is 0. The fraction of sp³-hybridized carbons (Fsp3) is 0.533. The van der Waals surface area contributed by atoms with Gasteiger partial charge in [-0.25, -0.2) is 8.42 Å². The zero-order valence-corrected chi connectivity index (χ0v) is 14.5. The SMILES string of the molecule is CC(C)S(=O)(=O)c1ccc(C(=O)N2CCCNCC2)cc1.Cl. The standard InChI is InChI=1S/C15H22N2O3S.ClH/c1-12(2)21(19,20)14-6-4-13(5-7-14)15(18)17-10-3-8-16-9-11-17;/h4-7,12,16H,3,8-11H2,1-2H3;1H. The van der Waals surface area contributed by atoms with Gasteiger partial charge in [0.15, 0.2) is 9.84 Å². The van der Waals surface area contributed by atoms with Crippen LogP contribution >= 0.6 is 12.4 Å². The highest BCUT2D eigenvalue weighted by Gasteiger charge is 2.21. The van der Waals surface area contributed by atoms with E-state index in [-0.39, 0.29) is 23.2 Å². The number of rotatable bonds is 3. The number of hydrogen-bond donors (Lipinski definition) is 1. The van der Waals surface area contributed by atoms with E-state index in [0.29, 0.717) is 12.1 Å². The molecule has 0 unspecified atom stereocenters. The van der Waals surface area contributed by atoms with Crippen molar-refractivity contribution in [3.63, 3.8) is 0 Å². The second-order valence-electron chi connectivity index (χ2n) is 5.51. The van der Waals surface area contributed by atoms with Crippen molar-refractivity contribution in [2.45, 2.75) is 30.4 Å². The zero-order chi connectivity index (χ0) is 15.5. The number of carbonyl (C=O) groups is 1. The van der Waals surface area contributed by atoms with Crippen molar-refractivity contribution in [3.8, 4) is 0 Å². The molecule has 124 valence electrons. The van der Waals surface area contributed by atoms with E-state index in [0.717, 1.165) is 26.1 Å². The van der Waals surface area contributed by atoms with Gasteiger partial charge in [-0.05, 0) is 51.1 Å². The van der Waals surface area contributed by atoms with E-state index in [1.807, 2.05) is 4.90 Å². The van der Waals surface area contributed by atoms with E-state index in [2.05, 4.69) is 5.32 Å². The fourth-order valence-electron chi connectivity index (χ4n) is 2.29. The lowest BCUT2D eigenvalue weighted by Crippen LogP contribution is -2.34. The van der Waals surface area contributed by atoms with E-state index >= 15 is 0 Å². The predicted molar refractivity (Wildman–Crippen MR) is 89.4 cm³/mol. The molecular formula is C15H23ClN2O3S. The third kappa shape index (κ3) is 4.21. The van der Waals surface area contributed by atoms with E-state index in [1.54, 1.807) is 26.0 Å². The van der Waals surface area contributed by atoms with Crippen LogP contribution in [-0.2, 0) is 9.84 Å². The highest BCUT2D eigenvalue weighted by atomic mass is 35.5. The Bertz CT molecular complexity index is 592. The molecule has 1 aromatic carbocycles. The molecule has 0 atom stereocenters. The van der Waals surface area contributed by atoms with Crippen LogP contribution in [0.5, 0.6) is 0 Å². The maximum absolute atomic E-state index is 12.4. The first-order valence-corrected chi connectivity index (χ1v) is 8.81. The average Bonchev–Trinajstić information content (AvgIpc) is 2.75. The van der Waals surface area contributed by atoms with Crippen LogP contribution < -0.4 is 5.32 Å². The summed E-state index contributed by atoms with van der Waals surface area (Å²) in [5, 5.41) is 2.79. The highest BCUT2D eigenvalue weighted by Crippen LogP contribution is 2.17. The van der Waals surface area contributed by atoms with Crippen LogP contribution in [0, 0.1) is 0 Å². The molecule has 1 heterocycles. The molecule has 0 radical (unpaired) electrons. The second-order valence-corrected chi connectivity index (χ2v) is 8.02. The van der Waals surface area contributed by atoms with E-state index in [4.69, 9.17) is 0 Å². The number of sulfone groups is 1. The fourth-order valence-corrected chi connectivity index (χ4v) is 3.35. The smallest absolute Gasteiger partial charge is 0.253 e. The van der Waals surface area contributed by atoms with Gasteiger partial charge in [0.1, 0.15) is 0 Å². The minimum Gasteiger partial charge on any atom is -0.337 e. The molecule has 1 aromatic rings. The minimum atomic E-state index is -3.28. The van der Waals surface area contributed by atoms with Gasteiger partial charge in [0, 0.05) is 25.2 Å². The number of halogens is 1. The summed E-state index contributed by atoms with van der Waals surface area (Å²) in [6.07, 6.45) is 0.936. The zero-order valence-electron chi connectivity index (χ0n) is 12.9. The molecule has 5 nitrogen and oxygen atoms in total. The first kappa shape index (κ1) is 18.9. The molecule has 0 aromatic heterocycles. The van der Waals surface area contributed by atoms with Crippen LogP contribution in [0.4, 0.5) is 0 Å². The Labute approximate surface area is 138 Å². The summed E-state index contributed by atoms with van der Waals surface area (Å²) in [7, 11) is -3.28. The summed E-state index contributed by atoms with van der Waals surface area (Å²) in [5.41, 5.74) is 0.541. The normalized spacial score (nSPS) is 16.0. The molecule has 2 rings (SSSR count). The molecule has 1 fully saturated rings. The monoisotopic (exact) mass is 346 g/mol. The molecule has 1 N–H and O–H groups in total. The van der Waals surface area contributed by atoms with Crippen molar-refractivity contribution in [1.82, 2.24) is 10.2 Å². The number of carbonyl (C=O) groups excluding carboxylic acids is 1. The first-order chi connectivity index (χ1) is 9.93. The van der Waals surface area contributed by atoms with Crippen molar-refractivity contribution in [1.29, 1.82) is 0 Å². The second kappa shape index (κ2) is 7.94. The summed E-state index contributed by atoms with van der Waals surface area (Å²) in [4.78, 5) is 14.5. The Morgan fingerprint density at radius 3 is 2.36 bits per heavy atom. The summed E-state index contributed by atoms with van der Waals surface area (Å²) in [5.74, 6) is -0.0350. The largest absolute Gasteiger partial charge is 0.337 e. The molecule has 7 heteroatoms. The Hall–Kier alpha value is -1.11. The maximum Gasteiger partial charge on any atom is 0.253 e. The van der Waals surface area contributed by atoms with E-state index in [1.165, 1.54) is 12.1 Å².